The van der Waals surface area contributed by atoms with Crippen LogP contribution < -0.4 is 10.6 Å². The first-order valence-electron chi connectivity index (χ1n) is 4.14. The molecule has 5 heteroatoms. The van der Waals surface area contributed by atoms with E-state index in [1.807, 2.05) is 13.8 Å². The fraction of sp³-hybridized carbons (Fsp3) is 0.750. The average Bonchev–Trinajstić information content (AvgIpc) is 1.98. The van der Waals surface area contributed by atoms with Crippen molar-refractivity contribution >= 4 is 23.4 Å². The van der Waals surface area contributed by atoms with Gasteiger partial charge in [-0.3, -0.25) is 9.59 Å². The average molecular weight is 207 g/mol. The molecule has 0 aromatic heterocycles. The van der Waals surface area contributed by atoms with Crippen molar-refractivity contribution in [2.45, 2.75) is 32.2 Å². The molecule has 13 heavy (non-hydrogen) atoms. The van der Waals surface area contributed by atoms with Crippen molar-refractivity contribution < 1.29 is 9.59 Å². The molecule has 0 aliphatic carbocycles. The molecular weight excluding hydrogens is 192 g/mol. The minimum Gasteiger partial charge on any atom is -0.352 e. The number of hydrogen-bond donors (Lipinski definition) is 2. The van der Waals surface area contributed by atoms with Gasteiger partial charge in [0.15, 0.2) is 0 Å². The second-order valence-electron chi connectivity index (χ2n) is 3.06. The van der Waals surface area contributed by atoms with E-state index in [4.69, 9.17) is 11.6 Å². The Morgan fingerprint density at radius 3 is 2.23 bits per heavy atom. The van der Waals surface area contributed by atoms with Gasteiger partial charge in [0.1, 0.15) is 5.38 Å². The number of hydrogen-bond acceptors (Lipinski definition) is 2. The zero-order chi connectivity index (χ0) is 10.4. The van der Waals surface area contributed by atoms with Crippen LogP contribution in [0.25, 0.3) is 0 Å². The van der Waals surface area contributed by atoms with E-state index in [-0.39, 0.29) is 24.4 Å². The Labute approximate surface area is 83.0 Å². The number of nitrogens with one attached hydrogen (secondary N) is 2. The Hall–Kier alpha value is -0.770. The minimum absolute atomic E-state index is 0.0198. The molecule has 0 aliphatic heterocycles. The number of alkyl halides is 1. The van der Waals surface area contributed by atoms with Crippen molar-refractivity contribution in [1.82, 2.24) is 10.6 Å². The van der Waals surface area contributed by atoms with Gasteiger partial charge >= 0.3 is 0 Å². The second-order valence-corrected chi connectivity index (χ2v) is 3.71. The molecule has 0 aliphatic rings. The third-order valence-electron chi connectivity index (χ3n) is 1.23. The van der Waals surface area contributed by atoms with Crippen LogP contribution in [0.15, 0.2) is 0 Å². The molecule has 0 heterocycles. The van der Waals surface area contributed by atoms with Gasteiger partial charge < -0.3 is 10.6 Å². The molecule has 2 amide bonds. The predicted molar refractivity (Wildman–Crippen MR) is 51.6 cm³/mol. The summed E-state index contributed by atoms with van der Waals surface area (Å²) in [6.07, 6.45) is 0. The van der Waals surface area contributed by atoms with E-state index in [0.29, 0.717) is 0 Å². The van der Waals surface area contributed by atoms with E-state index in [9.17, 15) is 9.59 Å². The van der Waals surface area contributed by atoms with Crippen LogP contribution in [-0.4, -0.2) is 29.8 Å². The number of amides is 2. The van der Waals surface area contributed by atoms with E-state index in [1.165, 1.54) is 0 Å². The van der Waals surface area contributed by atoms with E-state index in [2.05, 4.69) is 10.6 Å². The third-order valence-corrected chi connectivity index (χ3v) is 1.43. The summed E-state index contributed by atoms with van der Waals surface area (Å²) in [4.78, 5) is 21.9. The lowest BCUT2D eigenvalue weighted by molar-refractivity contribution is -0.126. The molecule has 0 saturated carbocycles. The van der Waals surface area contributed by atoms with Gasteiger partial charge in [0.2, 0.25) is 11.8 Å². The summed E-state index contributed by atoms with van der Waals surface area (Å²) in [6, 6.07) is 0.0813. The van der Waals surface area contributed by atoms with Crippen LogP contribution in [-0.2, 0) is 9.59 Å². The number of rotatable bonds is 4. The smallest absolute Gasteiger partial charge is 0.239 e. The molecule has 0 radical (unpaired) electrons. The summed E-state index contributed by atoms with van der Waals surface area (Å²) >= 11 is 5.47. The highest BCUT2D eigenvalue weighted by Crippen LogP contribution is 1.91. The zero-order valence-electron chi connectivity index (χ0n) is 8.06. The van der Waals surface area contributed by atoms with Gasteiger partial charge in [0.05, 0.1) is 6.54 Å². The van der Waals surface area contributed by atoms with Crippen LogP contribution in [0.2, 0.25) is 0 Å². The van der Waals surface area contributed by atoms with Gasteiger partial charge in [-0.1, -0.05) is 0 Å². The highest BCUT2D eigenvalue weighted by molar-refractivity contribution is 6.30. The molecular formula is C8H15ClN2O2. The molecule has 0 fully saturated rings. The summed E-state index contributed by atoms with van der Waals surface area (Å²) in [5.41, 5.74) is 0. The van der Waals surface area contributed by atoms with Crippen molar-refractivity contribution in [3.05, 3.63) is 0 Å². The molecule has 0 aromatic rings. The Morgan fingerprint density at radius 2 is 1.85 bits per heavy atom. The third kappa shape index (κ3) is 6.40. The highest BCUT2D eigenvalue weighted by Gasteiger charge is 2.10. The summed E-state index contributed by atoms with van der Waals surface area (Å²) in [5, 5.41) is 4.44. The molecule has 0 rings (SSSR count). The van der Waals surface area contributed by atoms with E-state index in [1.54, 1.807) is 6.92 Å². The van der Waals surface area contributed by atoms with Gasteiger partial charge in [-0.25, -0.2) is 0 Å². The lowest BCUT2D eigenvalue weighted by Crippen LogP contribution is -2.41. The first-order chi connectivity index (χ1) is 5.93. The Balaban J connectivity index is 3.64. The van der Waals surface area contributed by atoms with Gasteiger partial charge in [0.25, 0.3) is 0 Å². The number of halogens is 1. The molecule has 2 N–H and O–H groups in total. The minimum atomic E-state index is -0.605. The monoisotopic (exact) mass is 206 g/mol. The maximum atomic E-state index is 11.0. The van der Waals surface area contributed by atoms with Crippen LogP contribution in [0.1, 0.15) is 20.8 Å². The van der Waals surface area contributed by atoms with Gasteiger partial charge in [-0.2, -0.15) is 0 Å². The van der Waals surface area contributed by atoms with E-state index >= 15 is 0 Å². The molecule has 76 valence electrons. The largest absolute Gasteiger partial charge is 0.352 e. The Kier molecular flexibility index (Phi) is 5.46. The van der Waals surface area contributed by atoms with Gasteiger partial charge in [0, 0.05) is 6.04 Å². The fourth-order valence-corrected chi connectivity index (χ4v) is 0.758. The van der Waals surface area contributed by atoms with Crippen molar-refractivity contribution in [2.24, 2.45) is 0 Å². The normalized spacial score (nSPS) is 12.4. The van der Waals surface area contributed by atoms with Crippen molar-refractivity contribution in [3.8, 4) is 0 Å². The molecule has 0 aromatic carbocycles. The maximum Gasteiger partial charge on any atom is 0.239 e. The first-order valence-corrected chi connectivity index (χ1v) is 4.58. The fourth-order valence-electron chi connectivity index (χ4n) is 0.681. The standard InChI is InChI=1S/C8H15ClN2O2/c1-5(2)11-7(12)4-10-8(13)6(3)9/h5-6H,4H2,1-3H3,(H,10,13)(H,11,12). The molecule has 0 spiro atoms. The van der Waals surface area contributed by atoms with E-state index in [0.717, 1.165) is 0 Å². The van der Waals surface area contributed by atoms with Gasteiger partial charge in [-0.05, 0) is 20.8 Å². The number of carbonyl (C=O) groups excluding carboxylic acids is 2. The highest BCUT2D eigenvalue weighted by atomic mass is 35.5. The maximum absolute atomic E-state index is 11.0. The van der Waals surface area contributed by atoms with Crippen molar-refractivity contribution in [1.29, 1.82) is 0 Å². The predicted octanol–water partition coefficient (Wildman–Crippen LogP) is 0.254. The van der Waals surface area contributed by atoms with Crippen LogP contribution in [0, 0.1) is 0 Å². The van der Waals surface area contributed by atoms with Crippen molar-refractivity contribution in [3.63, 3.8) is 0 Å². The SMILES string of the molecule is CC(C)NC(=O)CNC(=O)C(C)Cl. The topological polar surface area (TPSA) is 58.2 Å². The van der Waals surface area contributed by atoms with Crippen LogP contribution in [0.5, 0.6) is 0 Å². The first kappa shape index (κ1) is 12.2. The molecule has 4 nitrogen and oxygen atoms in total. The molecule has 1 unspecified atom stereocenters. The van der Waals surface area contributed by atoms with Crippen LogP contribution in [0.4, 0.5) is 0 Å². The van der Waals surface area contributed by atoms with E-state index < -0.39 is 5.38 Å². The summed E-state index contributed by atoms with van der Waals surface area (Å²) in [6.45, 7) is 5.24. The Bertz CT molecular complexity index is 193. The van der Waals surface area contributed by atoms with Gasteiger partial charge in [-0.15, -0.1) is 11.6 Å². The second kappa shape index (κ2) is 5.80. The molecule has 1 atom stereocenters. The Morgan fingerprint density at radius 1 is 1.31 bits per heavy atom. The lowest BCUT2D eigenvalue weighted by Gasteiger charge is -2.09. The number of carbonyl (C=O) groups is 2. The summed E-state index contributed by atoms with van der Waals surface area (Å²) in [7, 11) is 0. The quantitative estimate of drug-likeness (QED) is 0.649. The molecule has 0 bridgehead atoms. The molecule has 0 saturated heterocycles. The zero-order valence-corrected chi connectivity index (χ0v) is 8.81. The van der Waals surface area contributed by atoms with Crippen LogP contribution in [0.3, 0.4) is 0 Å². The van der Waals surface area contributed by atoms with Crippen molar-refractivity contribution in [2.75, 3.05) is 6.54 Å². The van der Waals surface area contributed by atoms with Crippen LogP contribution >= 0.6 is 11.6 Å². The summed E-state index contributed by atoms with van der Waals surface area (Å²) in [5.74, 6) is -0.541. The lowest BCUT2D eigenvalue weighted by atomic mass is 10.4. The summed E-state index contributed by atoms with van der Waals surface area (Å²) < 4.78 is 0.